The lowest BCUT2D eigenvalue weighted by Crippen LogP contribution is -2.54. The smallest absolute Gasteiger partial charge is 0.407 e. The number of carboxylic acid groups (broad SMARTS) is 1. The minimum Gasteiger partial charge on any atom is -0.480 e. The second-order valence-corrected chi connectivity index (χ2v) is 10.2. The largest absolute Gasteiger partial charge is 0.480 e. The Morgan fingerprint density at radius 1 is 1.09 bits per heavy atom. The Hall–Kier alpha value is -3.39. The number of fused-ring (bicyclic) bond motifs is 3. The van der Waals surface area contributed by atoms with Gasteiger partial charge in [-0.1, -0.05) is 62.4 Å². The minimum absolute atomic E-state index is 0.0615. The van der Waals surface area contributed by atoms with Crippen LogP contribution in [0.25, 0.3) is 11.1 Å². The van der Waals surface area contributed by atoms with Crippen LogP contribution >= 0.6 is 0 Å². The fraction of sp³-hybridized carbons (Fsp3) is 0.444. The first-order chi connectivity index (χ1) is 16.8. The maximum Gasteiger partial charge on any atom is 0.407 e. The molecule has 2 heterocycles. The first-order valence-electron chi connectivity index (χ1n) is 12.0. The number of likely N-dealkylation sites (tertiary alicyclic amines) is 1. The third-order valence-corrected chi connectivity index (χ3v) is 7.55. The highest BCUT2D eigenvalue weighted by Gasteiger charge is 2.50. The Morgan fingerprint density at radius 3 is 2.34 bits per heavy atom. The standard InChI is InChI=1S/C27H30N2O6/c1-27(2)12-13-29(23(27)25(31)32)24(30)22-21(11-14-34-22)28-26(33)35-15-20-18-9-5-3-7-16(18)17-8-4-6-10-19(17)20/h3-10,20-23H,11-15H2,1-2H3,(H,28,33)(H,31,32). The Labute approximate surface area is 204 Å². The first kappa shape index (κ1) is 23.4. The highest BCUT2D eigenvalue weighted by molar-refractivity contribution is 5.88. The maximum atomic E-state index is 13.2. The lowest BCUT2D eigenvalue weighted by atomic mass is 9.85. The van der Waals surface area contributed by atoms with Crippen LogP contribution in [0, 0.1) is 5.41 Å². The number of nitrogens with one attached hydrogen (secondary N) is 1. The van der Waals surface area contributed by atoms with Crippen molar-refractivity contribution in [1.82, 2.24) is 10.2 Å². The van der Waals surface area contributed by atoms with E-state index in [0.29, 0.717) is 26.0 Å². The van der Waals surface area contributed by atoms with Gasteiger partial charge in [0.15, 0.2) is 6.10 Å². The number of ether oxygens (including phenoxy) is 2. The molecule has 2 aromatic rings. The summed E-state index contributed by atoms with van der Waals surface area (Å²) in [4.78, 5) is 39.2. The third-order valence-electron chi connectivity index (χ3n) is 7.55. The van der Waals surface area contributed by atoms with Crippen LogP contribution in [0.1, 0.15) is 43.7 Å². The van der Waals surface area contributed by atoms with E-state index in [9.17, 15) is 19.5 Å². The van der Waals surface area contributed by atoms with Gasteiger partial charge in [-0.05, 0) is 40.5 Å². The van der Waals surface area contributed by atoms with Gasteiger partial charge < -0.3 is 24.8 Å². The lowest BCUT2D eigenvalue weighted by Gasteiger charge is -2.31. The number of hydrogen-bond acceptors (Lipinski definition) is 5. The van der Waals surface area contributed by atoms with Crippen LogP contribution in [0.5, 0.6) is 0 Å². The van der Waals surface area contributed by atoms with Gasteiger partial charge in [0.25, 0.3) is 5.91 Å². The maximum absolute atomic E-state index is 13.2. The molecule has 2 amide bonds. The molecule has 2 saturated heterocycles. The first-order valence-corrected chi connectivity index (χ1v) is 12.0. The molecule has 3 atom stereocenters. The van der Waals surface area contributed by atoms with Crippen molar-refractivity contribution in [2.24, 2.45) is 5.41 Å². The average Bonchev–Trinajstić information content (AvgIpc) is 3.51. The molecular formula is C27H30N2O6. The van der Waals surface area contributed by atoms with E-state index in [2.05, 4.69) is 29.6 Å². The van der Waals surface area contributed by atoms with E-state index in [-0.39, 0.29) is 12.5 Å². The van der Waals surface area contributed by atoms with E-state index in [4.69, 9.17) is 9.47 Å². The fourth-order valence-electron chi connectivity index (χ4n) is 5.74. The fourth-order valence-corrected chi connectivity index (χ4v) is 5.74. The number of rotatable bonds is 5. The molecule has 2 fully saturated rings. The molecular weight excluding hydrogens is 448 g/mol. The molecule has 2 aliphatic heterocycles. The Balaban J connectivity index is 1.24. The van der Waals surface area contributed by atoms with E-state index in [1.165, 1.54) is 4.90 Å². The molecule has 0 radical (unpaired) electrons. The van der Waals surface area contributed by atoms with Crippen LogP contribution in [0.15, 0.2) is 48.5 Å². The van der Waals surface area contributed by atoms with Crippen molar-refractivity contribution in [3.63, 3.8) is 0 Å². The predicted octanol–water partition coefficient (Wildman–Crippen LogP) is 3.39. The molecule has 35 heavy (non-hydrogen) atoms. The summed E-state index contributed by atoms with van der Waals surface area (Å²) in [5.41, 5.74) is 4.00. The number of aliphatic carboxylic acids is 1. The quantitative estimate of drug-likeness (QED) is 0.683. The summed E-state index contributed by atoms with van der Waals surface area (Å²) in [7, 11) is 0. The van der Waals surface area contributed by atoms with Gasteiger partial charge in [0.1, 0.15) is 12.6 Å². The molecule has 0 aromatic heterocycles. The van der Waals surface area contributed by atoms with Crippen molar-refractivity contribution in [3.8, 4) is 11.1 Å². The van der Waals surface area contributed by atoms with Gasteiger partial charge in [0.05, 0.1) is 6.04 Å². The number of alkyl carbamates (subject to hydrolysis) is 1. The summed E-state index contributed by atoms with van der Waals surface area (Å²) in [6, 6.07) is 14.7. The molecule has 8 nitrogen and oxygen atoms in total. The molecule has 8 heteroatoms. The predicted molar refractivity (Wildman–Crippen MR) is 128 cm³/mol. The number of nitrogens with zero attached hydrogens (tertiary/aromatic N) is 1. The van der Waals surface area contributed by atoms with Crippen molar-refractivity contribution in [3.05, 3.63) is 59.7 Å². The van der Waals surface area contributed by atoms with E-state index in [0.717, 1.165) is 22.3 Å². The summed E-state index contributed by atoms with van der Waals surface area (Å²) < 4.78 is 11.3. The van der Waals surface area contributed by atoms with E-state index in [1.807, 2.05) is 38.1 Å². The molecule has 1 aliphatic carbocycles. The summed E-state index contributed by atoms with van der Waals surface area (Å²) >= 11 is 0. The monoisotopic (exact) mass is 478 g/mol. The molecule has 3 unspecified atom stereocenters. The number of carboxylic acids is 1. The summed E-state index contributed by atoms with van der Waals surface area (Å²) in [5, 5.41) is 12.5. The Kier molecular flexibility index (Phi) is 6.01. The van der Waals surface area contributed by atoms with Crippen LogP contribution in [-0.4, -0.2) is 65.9 Å². The van der Waals surface area contributed by atoms with Gasteiger partial charge in [-0.2, -0.15) is 0 Å². The topological polar surface area (TPSA) is 105 Å². The van der Waals surface area contributed by atoms with Crippen LogP contribution in [0.4, 0.5) is 4.79 Å². The summed E-state index contributed by atoms with van der Waals surface area (Å²) in [5.74, 6) is -1.49. The third kappa shape index (κ3) is 4.16. The van der Waals surface area contributed by atoms with Crippen LogP contribution in [-0.2, 0) is 19.1 Å². The molecule has 3 aliphatic rings. The number of hydrogen-bond donors (Lipinski definition) is 2. The van der Waals surface area contributed by atoms with E-state index >= 15 is 0 Å². The zero-order chi connectivity index (χ0) is 24.7. The minimum atomic E-state index is -1.03. The van der Waals surface area contributed by atoms with Crippen LogP contribution in [0.2, 0.25) is 0 Å². The number of carbonyl (C=O) groups excluding carboxylic acids is 2. The molecule has 2 N–H and O–H groups in total. The normalized spacial score (nSPS) is 24.6. The van der Waals surface area contributed by atoms with Crippen LogP contribution < -0.4 is 5.32 Å². The van der Waals surface area contributed by atoms with Gasteiger partial charge in [0.2, 0.25) is 0 Å². The van der Waals surface area contributed by atoms with E-state index < -0.39 is 41.6 Å². The second kappa shape index (κ2) is 9.00. The molecule has 0 saturated carbocycles. The second-order valence-electron chi connectivity index (χ2n) is 10.2. The van der Waals surface area contributed by atoms with Gasteiger partial charge in [-0.3, -0.25) is 4.79 Å². The molecule has 2 aromatic carbocycles. The molecule has 0 spiro atoms. The van der Waals surface area contributed by atoms with Gasteiger partial charge in [0, 0.05) is 19.1 Å². The molecule has 5 rings (SSSR count). The van der Waals surface area contributed by atoms with Gasteiger partial charge in [-0.15, -0.1) is 0 Å². The van der Waals surface area contributed by atoms with E-state index in [1.54, 1.807) is 0 Å². The van der Waals surface area contributed by atoms with Crippen molar-refractivity contribution < 1.29 is 29.0 Å². The van der Waals surface area contributed by atoms with Gasteiger partial charge >= 0.3 is 12.1 Å². The zero-order valence-corrected chi connectivity index (χ0v) is 19.9. The molecule has 184 valence electrons. The zero-order valence-electron chi connectivity index (χ0n) is 19.9. The highest BCUT2D eigenvalue weighted by atomic mass is 16.6. The van der Waals surface area contributed by atoms with Gasteiger partial charge in [-0.25, -0.2) is 9.59 Å². The van der Waals surface area contributed by atoms with Crippen molar-refractivity contribution >= 4 is 18.0 Å². The Bertz CT molecular complexity index is 1120. The van der Waals surface area contributed by atoms with Crippen molar-refractivity contribution in [1.29, 1.82) is 0 Å². The van der Waals surface area contributed by atoms with Crippen molar-refractivity contribution in [2.45, 2.75) is 50.8 Å². The average molecular weight is 479 g/mol. The lowest BCUT2D eigenvalue weighted by molar-refractivity contribution is -0.155. The Morgan fingerprint density at radius 2 is 1.71 bits per heavy atom. The highest BCUT2D eigenvalue weighted by Crippen LogP contribution is 2.44. The number of carbonyl (C=O) groups is 3. The van der Waals surface area contributed by atoms with Crippen molar-refractivity contribution in [2.75, 3.05) is 19.8 Å². The summed E-state index contributed by atoms with van der Waals surface area (Å²) in [6.07, 6.45) is -0.495. The van der Waals surface area contributed by atoms with Crippen LogP contribution in [0.3, 0.4) is 0 Å². The number of amides is 2. The molecule has 0 bridgehead atoms. The number of benzene rings is 2. The SMILES string of the molecule is CC1(C)CCN(C(=O)C2OCCC2NC(=O)OCC2c3ccccc3-c3ccccc32)C1C(=O)O. The summed E-state index contributed by atoms with van der Waals surface area (Å²) in [6.45, 7) is 4.52.